The Morgan fingerprint density at radius 2 is 0.886 bits per heavy atom. The predicted molar refractivity (Wildman–Crippen MR) is 182 cm³/mol. The van der Waals surface area contributed by atoms with Gasteiger partial charge in [0, 0.05) is 38.6 Å². The number of Topliss-reactive ketones (excluding diaryl/α,β-unsaturated/α-hetero) is 1. The lowest BCUT2D eigenvalue weighted by Gasteiger charge is -2.38. The van der Waals surface area contributed by atoms with Crippen molar-refractivity contribution < 1.29 is 9.90 Å². The monoisotopic (exact) mass is 590 g/mol. The van der Waals surface area contributed by atoms with E-state index in [2.05, 4.69) is 135 Å². The highest BCUT2D eigenvalue weighted by Crippen LogP contribution is 2.26. The van der Waals surface area contributed by atoms with Crippen molar-refractivity contribution in [2.75, 3.05) is 0 Å². The first-order valence-electron chi connectivity index (χ1n) is 16.2. The Morgan fingerprint density at radius 3 is 1.20 bits per heavy atom. The van der Waals surface area contributed by atoms with Crippen LogP contribution in [0.5, 0.6) is 0 Å². The largest absolute Gasteiger partial charge is 0.391 e. The zero-order valence-electron chi connectivity index (χ0n) is 26.9. The summed E-state index contributed by atoms with van der Waals surface area (Å²) in [4.78, 5) is 18.8. The molecule has 0 fully saturated rings. The first-order valence-corrected chi connectivity index (χ1v) is 16.2. The van der Waals surface area contributed by atoms with Gasteiger partial charge in [0.2, 0.25) is 0 Å². The average molecular weight is 591 g/mol. The molecule has 0 saturated heterocycles. The number of hydrogen-bond donors (Lipinski definition) is 1. The van der Waals surface area contributed by atoms with Crippen molar-refractivity contribution in [2.45, 2.75) is 84.9 Å². The molecule has 3 atom stereocenters. The SMILES string of the molecule is CC(C)[C@H](C(O)CCC(=O)[C@H](C(C)C)N(Cc1ccccc1)Cc1ccccc1)N(Cc1ccccc1)Cc1ccccc1. The molecule has 4 aromatic rings. The van der Waals surface area contributed by atoms with Gasteiger partial charge in [0.1, 0.15) is 5.78 Å². The van der Waals surface area contributed by atoms with E-state index in [1.54, 1.807) is 0 Å². The number of hydrogen-bond acceptors (Lipinski definition) is 4. The van der Waals surface area contributed by atoms with Crippen molar-refractivity contribution in [3.8, 4) is 0 Å². The summed E-state index contributed by atoms with van der Waals surface area (Å²) < 4.78 is 0. The number of rotatable bonds is 17. The second-order valence-corrected chi connectivity index (χ2v) is 12.7. The lowest BCUT2D eigenvalue weighted by atomic mass is 9.89. The third-order valence-electron chi connectivity index (χ3n) is 8.45. The Bertz CT molecular complexity index is 1280. The average Bonchev–Trinajstić information content (AvgIpc) is 3.02. The molecule has 0 heterocycles. The van der Waals surface area contributed by atoms with Crippen LogP contribution in [0.25, 0.3) is 0 Å². The van der Waals surface area contributed by atoms with Crippen LogP contribution in [0.4, 0.5) is 0 Å². The Kier molecular flexibility index (Phi) is 12.9. The summed E-state index contributed by atoms with van der Waals surface area (Å²) in [7, 11) is 0. The molecule has 0 saturated carbocycles. The second-order valence-electron chi connectivity index (χ2n) is 12.7. The standard InChI is InChI=1S/C40H50N2O2/c1-31(2)39(41(27-33-17-9-5-10-18-33)28-34-19-11-6-12-20-34)37(43)25-26-38(44)40(32(3)4)42(29-35-21-13-7-14-22-35)30-36-23-15-8-16-24-36/h5-24,31-32,37,39-40,43H,25-30H2,1-4H3/t37?,39-,40+/m1/s1. The molecule has 0 aliphatic carbocycles. The normalized spacial score (nSPS) is 13.8. The van der Waals surface area contributed by atoms with E-state index in [-0.39, 0.29) is 29.7 Å². The maximum atomic E-state index is 14.1. The quantitative estimate of drug-likeness (QED) is 0.135. The Balaban J connectivity index is 1.52. The number of benzene rings is 4. The van der Waals surface area contributed by atoms with E-state index in [1.165, 1.54) is 22.3 Å². The molecule has 0 aliphatic rings. The maximum absolute atomic E-state index is 14.1. The molecular formula is C40H50N2O2. The molecule has 1 N–H and O–H groups in total. The van der Waals surface area contributed by atoms with Crippen LogP contribution in [0, 0.1) is 11.8 Å². The van der Waals surface area contributed by atoms with Gasteiger partial charge in [0.05, 0.1) is 12.1 Å². The third-order valence-corrected chi connectivity index (χ3v) is 8.45. The molecule has 4 nitrogen and oxygen atoms in total. The number of aliphatic hydroxyl groups excluding tert-OH is 1. The summed E-state index contributed by atoms with van der Waals surface area (Å²) in [6, 6.07) is 41.4. The number of ketones is 1. The maximum Gasteiger partial charge on any atom is 0.150 e. The fourth-order valence-corrected chi connectivity index (χ4v) is 6.51. The fraction of sp³-hybridized carbons (Fsp3) is 0.375. The highest BCUT2D eigenvalue weighted by Gasteiger charge is 2.33. The predicted octanol–water partition coefficient (Wildman–Crippen LogP) is 8.15. The highest BCUT2D eigenvalue weighted by atomic mass is 16.3. The van der Waals surface area contributed by atoms with Crippen molar-refractivity contribution >= 4 is 5.78 Å². The number of nitrogens with zero attached hydrogens (tertiary/aromatic N) is 2. The Hall–Kier alpha value is -3.57. The van der Waals surface area contributed by atoms with E-state index in [0.29, 0.717) is 25.9 Å². The minimum absolute atomic E-state index is 0.0922. The van der Waals surface area contributed by atoms with Crippen LogP contribution in [0.15, 0.2) is 121 Å². The van der Waals surface area contributed by atoms with Gasteiger partial charge in [-0.2, -0.15) is 0 Å². The van der Waals surface area contributed by atoms with Gasteiger partial charge >= 0.3 is 0 Å². The minimum Gasteiger partial charge on any atom is -0.391 e. The van der Waals surface area contributed by atoms with Gasteiger partial charge in [-0.05, 0) is 40.5 Å². The van der Waals surface area contributed by atoms with E-state index in [0.717, 1.165) is 13.1 Å². The number of carbonyl (C=O) groups is 1. The summed E-state index contributed by atoms with van der Waals surface area (Å²) in [5, 5.41) is 11.8. The molecule has 0 aliphatic heterocycles. The highest BCUT2D eigenvalue weighted by molar-refractivity contribution is 5.84. The third kappa shape index (κ3) is 9.99. The van der Waals surface area contributed by atoms with Crippen LogP contribution < -0.4 is 0 Å². The molecule has 0 radical (unpaired) electrons. The number of carbonyl (C=O) groups excluding carboxylic acids is 1. The summed E-state index contributed by atoms with van der Waals surface area (Å²) in [6.45, 7) is 11.5. The fourth-order valence-electron chi connectivity index (χ4n) is 6.51. The second kappa shape index (κ2) is 17.1. The van der Waals surface area contributed by atoms with Gasteiger partial charge in [-0.3, -0.25) is 14.6 Å². The molecule has 4 rings (SSSR count). The van der Waals surface area contributed by atoms with E-state index in [4.69, 9.17) is 0 Å². The van der Waals surface area contributed by atoms with Gasteiger partial charge < -0.3 is 5.11 Å². The molecule has 4 aromatic carbocycles. The van der Waals surface area contributed by atoms with Crippen molar-refractivity contribution in [3.63, 3.8) is 0 Å². The smallest absolute Gasteiger partial charge is 0.150 e. The van der Waals surface area contributed by atoms with E-state index < -0.39 is 6.10 Å². The van der Waals surface area contributed by atoms with E-state index in [1.807, 2.05) is 24.3 Å². The zero-order valence-corrected chi connectivity index (χ0v) is 26.9. The van der Waals surface area contributed by atoms with E-state index >= 15 is 0 Å². The molecule has 0 amide bonds. The molecular weight excluding hydrogens is 540 g/mol. The first kappa shape index (κ1) is 33.3. The van der Waals surface area contributed by atoms with Crippen molar-refractivity contribution in [2.24, 2.45) is 11.8 Å². The number of aliphatic hydroxyl groups is 1. The van der Waals surface area contributed by atoms with Crippen LogP contribution in [0.2, 0.25) is 0 Å². The minimum atomic E-state index is -0.629. The molecule has 232 valence electrons. The summed E-state index contributed by atoms with van der Waals surface area (Å²) in [5.41, 5.74) is 4.82. The first-order chi connectivity index (χ1) is 21.3. The Labute approximate surface area is 265 Å². The molecule has 4 heteroatoms. The molecule has 0 aromatic heterocycles. The van der Waals surface area contributed by atoms with Crippen LogP contribution in [0.3, 0.4) is 0 Å². The van der Waals surface area contributed by atoms with Gasteiger partial charge in [0.25, 0.3) is 0 Å². The zero-order chi connectivity index (χ0) is 31.3. The van der Waals surface area contributed by atoms with Crippen LogP contribution in [0.1, 0.15) is 62.8 Å². The van der Waals surface area contributed by atoms with Gasteiger partial charge in [0.15, 0.2) is 0 Å². The van der Waals surface area contributed by atoms with Crippen molar-refractivity contribution in [1.29, 1.82) is 0 Å². The van der Waals surface area contributed by atoms with Gasteiger partial charge in [-0.25, -0.2) is 0 Å². The molecule has 1 unspecified atom stereocenters. The van der Waals surface area contributed by atoms with Crippen molar-refractivity contribution in [3.05, 3.63) is 144 Å². The van der Waals surface area contributed by atoms with Crippen molar-refractivity contribution in [1.82, 2.24) is 9.80 Å². The molecule has 0 bridgehead atoms. The van der Waals surface area contributed by atoms with Crippen LogP contribution in [-0.2, 0) is 31.0 Å². The lowest BCUT2D eigenvalue weighted by Crippen LogP contribution is -2.47. The Morgan fingerprint density at radius 1 is 0.545 bits per heavy atom. The summed E-state index contributed by atoms with van der Waals surface area (Å²) in [5.74, 6) is 0.549. The van der Waals surface area contributed by atoms with Gasteiger partial charge in [-0.1, -0.05) is 149 Å². The molecule has 44 heavy (non-hydrogen) atoms. The topological polar surface area (TPSA) is 43.8 Å². The van der Waals surface area contributed by atoms with Crippen LogP contribution in [-0.4, -0.2) is 38.9 Å². The van der Waals surface area contributed by atoms with Crippen LogP contribution >= 0.6 is 0 Å². The molecule has 0 spiro atoms. The lowest BCUT2D eigenvalue weighted by molar-refractivity contribution is -0.127. The van der Waals surface area contributed by atoms with Gasteiger partial charge in [-0.15, -0.1) is 0 Å². The summed E-state index contributed by atoms with van der Waals surface area (Å²) >= 11 is 0. The summed E-state index contributed by atoms with van der Waals surface area (Å²) in [6.07, 6.45) is 0.156. The van der Waals surface area contributed by atoms with E-state index in [9.17, 15) is 9.90 Å².